The average molecular weight is 342 g/mol. The zero-order valence-corrected chi connectivity index (χ0v) is 11.2. The van der Waals surface area contributed by atoms with Crippen molar-refractivity contribution in [2.24, 2.45) is 0 Å². The Balaban J connectivity index is 3.31. The quantitative estimate of drug-likeness (QED) is 0.604. The van der Waals surface area contributed by atoms with E-state index in [1.54, 1.807) is 12.1 Å². The lowest BCUT2D eigenvalue weighted by Crippen LogP contribution is -2.05. The molecule has 1 rings (SSSR count). The van der Waals surface area contributed by atoms with Gasteiger partial charge in [-0.3, -0.25) is 0 Å². The van der Waals surface area contributed by atoms with Crippen LogP contribution in [-0.4, -0.2) is 13.1 Å². The third kappa shape index (κ3) is 2.30. The Morgan fingerprint density at radius 3 is 2.71 bits per heavy atom. The molecular formula is C9H7Br2ClO2. The second-order valence-electron chi connectivity index (χ2n) is 2.51. The van der Waals surface area contributed by atoms with Crippen molar-refractivity contribution in [3.63, 3.8) is 0 Å². The number of benzene rings is 1. The Bertz CT molecular complexity index is 366. The van der Waals surface area contributed by atoms with E-state index in [0.29, 0.717) is 15.9 Å². The first-order chi connectivity index (χ1) is 6.61. The first kappa shape index (κ1) is 12.0. The molecule has 0 aliphatic heterocycles. The van der Waals surface area contributed by atoms with E-state index < -0.39 is 0 Å². The summed E-state index contributed by atoms with van der Waals surface area (Å²) in [5, 5.41) is 1.12. The van der Waals surface area contributed by atoms with Gasteiger partial charge in [0.15, 0.2) is 0 Å². The van der Waals surface area contributed by atoms with Crippen LogP contribution in [0.1, 0.15) is 15.9 Å². The highest BCUT2D eigenvalue weighted by molar-refractivity contribution is 9.10. The van der Waals surface area contributed by atoms with Gasteiger partial charge in [0.05, 0.1) is 17.7 Å². The van der Waals surface area contributed by atoms with Crippen molar-refractivity contribution < 1.29 is 9.53 Å². The number of halogens is 3. The van der Waals surface area contributed by atoms with Crippen molar-refractivity contribution in [1.82, 2.24) is 0 Å². The third-order valence-electron chi connectivity index (χ3n) is 1.74. The van der Waals surface area contributed by atoms with Gasteiger partial charge >= 0.3 is 5.97 Å². The van der Waals surface area contributed by atoms with Crippen LogP contribution in [0.5, 0.6) is 0 Å². The van der Waals surface area contributed by atoms with Crippen LogP contribution >= 0.6 is 43.5 Å². The highest BCUT2D eigenvalue weighted by Crippen LogP contribution is 2.30. The van der Waals surface area contributed by atoms with E-state index >= 15 is 0 Å². The minimum Gasteiger partial charge on any atom is -0.465 e. The van der Waals surface area contributed by atoms with Crippen LogP contribution in [0.4, 0.5) is 0 Å². The summed E-state index contributed by atoms with van der Waals surface area (Å²) in [4.78, 5) is 11.3. The van der Waals surface area contributed by atoms with E-state index in [1.165, 1.54) is 7.11 Å². The monoisotopic (exact) mass is 340 g/mol. The van der Waals surface area contributed by atoms with Gasteiger partial charge in [0.1, 0.15) is 0 Å². The van der Waals surface area contributed by atoms with E-state index in [1.807, 2.05) is 0 Å². The summed E-state index contributed by atoms with van der Waals surface area (Å²) in [7, 11) is 1.35. The molecule has 0 aromatic heterocycles. The van der Waals surface area contributed by atoms with Crippen LogP contribution in [0, 0.1) is 0 Å². The number of esters is 1. The number of ether oxygens (including phenoxy) is 1. The summed E-state index contributed by atoms with van der Waals surface area (Å²) in [5.74, 6) is -0.364. The molecule has 0 spiro atoms. The fraction of sp³-hybridized carbons (Fsp3) is 0.222. The van der Waals surface area contributed by atoms with Gasteiger partial charge in [-0.1, -0.05) is 27.5 Å². The molecule has 1 aromatic carbocycles. The largest absolute Gasteiger partial charge is 0.465 e. The second kappa shape index (κ2) is 5.14. The maximum atomic E-state index is 11.3. The van der Waals surface area contributed by atoms with Crippen LogP contribution in [0.3, 0.4) is 0 Å². The van der Waals surface area contributed by atoms with Gasteiger partial charge in [-0.05, 0) is 33.6 Å². The molecule has 0 bridgehead atoms. The normalized spacial score (nSPS) is 10.0. The first-order valence-electron chi connectivity index (χ1n) is 3.73. The Kier molecular flexibility index (Phi) is 4.41. The number of methoxy groups -OCH3 is 1. The average Bonchev–Trinajstić information content (AvgIpc) is 2.20. The molecule has 0 heterocycles. The highest BCUT2D eigenvalue weighted by Gasteiger charge is 2.15. The molecule has 0 fully saturated rings. The van der Waals surface area contributed by atoms with Crippen molar-refractivity contribution in [3.8, 4) is 0 Å². The van der Waals surface area contributed by atoms with Gasteiger partial charge < -0.3 is 4.74 Å². The topological polar surface area (TPSA) is 26.3 Å². The van der Waals surface area contributed by atoms with Crippen LogP contribution in [0.2, 0.25) is 5.02 Å². The maximum Gasteiger partial charge on any atom is 0.338 e. The standard InChI is InChI=1S/C9H7Br2ClO2/c1-14-9(13)5-2-3-7(12)8(11)6(5)4-10/h2-3H,4H2,1H3. The first-order valence-corrected chi connectivity index (χ1v) is 6.02. The van der Waals surface area contributed by atoms with Crippen LogP contribution < -0.4 is 0 Å². The number of hydrogen-bond acceptors (Lipinski definition) is 2. The summed E-state index contributed by atoms with van der Waals surface area (Å²) in [6, 6.07) is 3.31. The number of carbonyl (C=O) groups excluding carboxylic acids is 1. The summed E-state index contributed by atoms with van der Waals surface area (Å²) in [6.45, 7) is 0. The molecule has 14 heavy (non-hydrogen) atoms. The fourth-order valence-corrected chi connectivity index (χ4v) is 2.65. The van der Waals surface area contributed by atoms with E-state index in [0.717, 1.165) is 10.0 Å². The van der Waals surface area contributed by atoms with Gasteiger partial charge in [-0.2, -0.15) is 0 Å². The van der Waals surface area contributed by atoms with Crippen LogP contribution in [0.25, 0.3) is 0 Å². The molecule has 0 atom stereocenters. The van der Waals surface area contributed by atoms with Gasteiger partial charge in [0.2, 0.25) is 0 Å². The zero-order chi connectivity index (χ0) is 10.7. The van der Waals surface area contributed by atoms with Gasteiger partial charge in [-0.25, -0.2) is 4.79 Å². The Morgan fingerprint density at radius 2 is 2.21 bits per heavy atom. The molecule has 76 valence electrons. The molecule has 0 radical (unpaired) electrons. The molecule has 0 saturated heterocycles. The van der Waals surface area contributed by atoms with Gasteiger partial charge in [-0.15, -0.1) is 0 Å². The van der Waals surface area contributed by atoms with E-state index in [-0.39, 0.29) is 5.97 Å². The molecule has 0 aliphatic carbocycles. The van der Waals surface area contributed by atoms with Crippen molar-refractivity contribution >= 4 is 49.4 Å². The third-order valence-corrected chi connectivity index (χ3v) is 3.74. The predicted molar refractivity (Wildman–Crippen MR) is 63.1 cm³/mol. The van der Waals surface area contributed by atoms with Crippen LogP contribution in [0.15, 0.2) is 16.6 Å². The van der Waals surface area contributed by atoms with Crippen molar-refractivity contribution in [3.05, 3.63) is 32.8 Å². The van der Waals surface area contributed by atoms with Gasteiger partial charge in [0.25, 0.3) is 0 Å². The van der Waals surface area contributed by atoms with E-state index in [9.17, 15) is 4.79 Å². The number of carbonyl (C=O) groups is 1. The number of alkyl halides is 1. The Labute approximate surface area is 104 Å². The summed E-state index contributed by atoms with van der Waals surface area (Å²) < 4.78 is 5.37. The SMILES string of the molecule is COC(=O)c1ccc(Cl)c(Br)c1CBr. The van der Waals surface area contributed by atoms with E-state index in [4.69, 9.17) is 11.6 Å². The molecule has 1 aromatic rings. The molecule has 0 N–H and O–H groups in total. The molecule has 0 unspecified atom stereocenters. The summed E-state index contributed by atoms with van der Waals surface area (Å²) >= 11 is 12.5. The molecule has 5 heteroatoms. The lowest BCUT2D eigenvalue weighted by atomic mass is 10.1. The number of hydrogen-bond donors (Lipinski definition) is 0. The van der Waals surface area contributed by atoms with Crippen molar-refractivity contribution in [1.29, 1.82) is 0 Å². The highest BCUT2D eigenvalue weighted by atomic mass is 79.9. The summed E-state index contributed by atoms with van der Waals surface area (Å²) in [6.07, 6.45) is 0. The molecule has 0 aliphatic rings. The molecule has 0 amide bonds. The number of rotatable bonds is 2. The summed E-state index contributed by atoms with van der Waals surface area (Å²) in [5.41, 5.74) is 1.31. The fourth-order valence-electron chi connectivity index (χ4n) is 1.02. The predicted octanol–water partition coefficient (Wildman–Crippen LogP) is 3.78. The molecule has 0 saturated carbocycles. The Hall–Kier alpha value is -0.0600. The molecular weight excluding hydrogens is 335 g/mol. The van der Waals surface area contributed by atoms with Crippen LogP contribution in [-0.2, 0) is 10.1 Å². The van der Waals surface area contributed by atoms with Gasteiger partial charge in [0, 0.05) is 9.80 Å². The van der Waals surface area contributed by atoms with Crippen molar-refractivity contribution in [2.45, 2.75) is 5.33 Å². The van der Waals surface area contributed by atoms with Crippen molar-refractivity contribution in [2.75, 3.05) is 7.11 Å². The molecule has 2 nitrogen and oxygen atoms in total. The smallest absolute Gasteiger partial charge is 0.338 e. The lowest BCUT2D eigenvalue weighted by molar-refractivity contribution is 0.0600. The minimum absolute atomic E-state index is 0.364. The lowest BCUT2D eigenvalue weighted by Gasteiger charge is -2.08. The second-order valence-corrected chi connectivity index (χ2v) is 4.27. The minimum atomic E-state index is -0.364. The van der Waals surface area contributed by atoms with E-state index in [2.05, 4.69) is 36.6 Å². The zero-order valence-electron chi connectivity index (χ0n) is 7.31. The maximum absolute atomic E-state index is 11.3. The Morgan fingerprint density at radius 1 is 1.57 bits per heavy atom.